The van der Waals surface area contributed by atoms with Gasteiger partial charge >= 0.3 is 0 Å². The zero-order valence-corrected chi connectivity index (χ0v) is 6.61. The van der Waals surface area contributed by atoms with Crippen molar-refractivity contribution in [1.82, 2.24) is 5.32 Å². The summed E-state index contributed by atoms with van der Waals surface area (Å²) in [6.45, 7) is 1.16. The molecule has 1 aromatic rings. The van der Waals surface area contributed by atoms with Crippen molar-refractivity contribution < 1.29 is 9.53 Å². The summed E-state index contributed by atoms with van der Waals surface area (Å²) in [7, 11) is 0. The Kier molecular flexibility index (Phi) is 1.54. The van der Waals surface area contributed by atoms with E-state index >= 15 is 0 Å². The van der Waals surface area contributed by atoms with Crippen LogP contribution in [0.15, 0.2) is 11.4 Å². The van der Waals surface area contributed by atoms with E-state index < -0.39 is 0 Å². The Morgan fingerprint density at radius 2 is 2.55 bits per heavy atom. The molecule has 4 heteroatoms. The van der Waals surface area contributed by atoms with Crippen molar-refractivity contribution in [2.24, 2.45) is 0 Å². The van der Waals surface area contributed by atoms with E-state index in [1.165, 1.54) is 11.3 Å². The molecule has 0 bridgehead atoms. The monoisotopic (exact) mass is 169 g/mol. The summed E-state index contributed by atoms with van der Waals surface area (Å²) in [5.41, 5.74) is 0. The molecule has 3 nitrogen and oxygen atoms in total. The van der Waals surface area contributed by atoms with Gasteiger partial charge in [-0.15, -0.1) is 11.3 Å². The van der Waals surface area contributed by atoms with Crippen LogP contribution in [0.2, 0.25) is 0 Å². The van der Waals surface area contributed by atoms with Crippen LogP contribution in [0, 0.1) is 0 Å². The van der Waals surface area contributed by atoms with E-state index in [9.17, 15) is 4.79 Å². The van der Waals surface area contributed by atoms with Crippen LogP contribution in [0.1, 0.15) is 9.67 Å². The summed E-state index contributed by atoms with van der Waals surface area (Å²) < 4.78 is 5.29. The first kappa shape index (κ1) is 6.67. The third kappa shape index (κ3) is 1.09. The molecular formula is C7H7NO2S. The topological polar surface area (TPSA) is 38.3 Å². The molecule has 11 heavy (non-hydrogen) atoms. The summed E-state index contributed by atoms with van der Waals surface area (Å²) in [6, 6.07) is 1.82. The molecule has 0 spiro atoms. The minimum atomic E-state index is -0.0208. The van der Waals surface area contributed by atoms with Gasteiger partial charge in [0.2, 0.25) is 0 Å². The number of thiophene rings is 1. The second-order valence-electron chi connectivity index (χ2n) is 2.22. The van der Waals surface area contributed by atoms with Crippen LogP contribution >= 0.6 is 11.3 Å². The van der Waals surface area contributed by atoms with Crippen molar-refractivity contribution >= 4 is 17.2 Å². The SMILES string of the molecule is O=C1NCCOc2ccsc21. The molecule has 0 unspecified atom stereocenters. The van der Waals surface area contributed by atoms with Gasteiger partial charge in [-0.25, -0.2) is 0 Å². The highest BCUT2D eigenvalue weighted by molar-refractivity contribution is 7.12. The smallest absolute Gasteiger partial charge is 0.265 e. The van der Waals surface area contributed by atoms with Crippen LogP contribution in [-0.2, 0) is 0 Å². The fourth-order valence-electron chi connectivity index (χ4n) is 0.983. The van der Waals surface area contributed by atoms with Gasteiger partial charge in [0.05, 0.1) is 6.54 Å². The highest BCUT2D eigenvalue weighted by Crippen LogP contribution is 2.25. The van der Waals surface area contributed by atoms with E-state index in [1.807, 2.05) is 11.4 Å². The van der Waals surface area contributed by atoms with Gasteiger partial charge in [0.25, 0.3) is 5.91 Å². The molecule has 2 heterocycles. The molecule has 0 fully saturated rings. The van der Waals surface area contributed by atoms with Crippen LogP contribution in [0.3, 0.4) is 0 Å². The van der Waals surface area contributed by atoms with Gasteiger partial charge in [0.15, 0.2) is 0 Å². The normalized spacial score (nSPS) is 16.2. The van der Waals surface area contributed by atoms with Crippen molar-refractivity contribution in [3.8, 4) is 5.75 Å². The number of fused-ring (bicyclic) bond motifs is 1. The Bertz CT molecular complexity index is 282. The summed E-state index contributed by atoms with van der Waals surface area (Å²) >= 11 is 1.41. The zero-order valence-electron chi connectivity index (χ0n) is 5.79. The van der Waals surface area contributed by atoms with Gasteiger partial charge in [0.1, 0.15) is 17.2 Å². The predicted molar refractivity (Wildman–Crippen MR) is 42.1 cm³/mol. The lowest BCUT2D eigenvalue weighted by Gasteiger charge is -1.96. The fourth-order valence-corrected chi connectivity index (χ4v) is 1.73. The minimum absolute atomic E-state index is 0.0208. The van der Waals surface area contributed by atoms with Crippen LogP contribution in [0.25, 0.3) is 0 Å². The average Bonchev–Trinajstić information content (AvgIpc) is 2.40. The first-order chi connectivity index (χ1) is 5.38. The lowest BCUT2D eigenvalue weighted by atomic mass is 10.4. The van der Waals surface area contributed by atoms with Gasteiger partial charge in [-0.05, 0) is 11.4 Å². The highest BCUT2D eigenvalue weighted by atomic mass is 32.1. The Hall–Kier alpha value is -1.03. The molecule has 1 N–H and O–H groups in total. The van der Waals surface area contributed by atoms with Crippen molar-refractivity contribution in [3.05, 3.63) is 16.3 Å². The van der Waals surface area contributed by atoms with E-state index in [0.717, 1.165) is 0 Å². The molecule has 0 saturated heterocycles. The molecule has 58 valence electrons. The third-order valence-corrected chi connectivity index (χ3v) is 2.37. The molecule has 0 radical (unpaired) electrons. The predicted octanol–water partition coefficient (Wildman–Crippen LogP) is 0.870. The Morgan fingerprint density at radius 1 is 1.64 bits per heavy atom. The molecular weight excluding hydrogens is 162 g/mol. The summed E-state index contributed by atoms with van der Waals surface area (Å²) in [5.74, 6) is 0.692. The third-order valence-electron chi connectivity index (χ3n) is 1.48. The van der Waals surface area contributed by atoms with E-state index in [0.29, 0.717) is 23.8 Å². The second kappa shape index (κ2) is 2.54. The number of hydrogen-bond donors (Lipinski definition) is 1. The molecule has 1 aromatic heterocycles. The van der Waals surface area contributed by atoms with E-state index in [1.54, 1.807) is 0 Å². The number of carbonyl (C=O) groups excluding carboxylic acids is 1. The van der Waals surface area contributed by atoms with Gasteiger partial charge < -0.3 is 10.1 Å². The number of hydrogen-bond acceptors (Lipinski definition) is 3. The highest BCUT2D eigenvalue weighted by Gasteiger charge is 2.16. The zero-order chi connectivity index (χ0) is 7.68. The maximum Gasteiger partial charge on any atom is 0.265 e. The van der Waals surface area contributed by atoms with Crippen molar-refractivity contribution in [1.29, 1.82) is 0 Å². The molecule has 0 aromatic carbocycles. The maximum absolute atomic E-state index is 11.2. The van der Waals surface area contributed by atoms with E-state index in [2.05, 4.69) is 5.32 Å². The quantitative estimate of drug-likeness (QED) is 0.625. The Balaban J connectivity index is 2.41. The minimum Gasteiger partial charge on any atom is -0.490 e. The number of nitrogens with one attached hydrogen (secondary N) is 1. The van der Waals surface area contributed by atoms with E-state index in [-0.39, 0.29) is 5.91 Å². The molecule has 0 saturated carbocycles. The summed E-state index contributed by atoms with van der Waals surface area (Å²) in [6.07, 6.45) is 0. The standard InChI is InChI=1S/C7H7NO2S/c9-7-6-5(1-4-11-6)10-3-2-8-7/h1,4H,2-3H2,(H,8,9). The molecule has 2 rings (SSSR count). The number of rotatable bonds is 0. The van der Waals surface area contributed by atoms with Crippen molar-refractivity contribution in [3.63, 3.8) is 0 Å². The lowest BCUT2D eigenvalue weighted by Crippen LogP contribution is -2.23. The Morgan fingerprint density at radius 3 is 3.45 bits per heavy atom. The first-order valence-corrected chi connectivity index (χ1v) is 4.24. The van der Waals surface area contributed by atoms with Crippen LogP contribution < -0.4 is 10.1 Å². The van der Waals surface area contributed by atoms with Crippen LogP contribution in [0.5, 0.6) is 5.75 Å². The molecule has 0 aliphatic carbocycles. The largest absolute Gasteiger partial charge is 0.490 e. The van der Waals surface area contributed by atoms with Gasteiger partial charge in [-0.1, -0.05) is 0 Å². The number of carbonyl (C=O) groups is 1. The Labute approximate surface area is 68.0 Å². The van der Waals surface area contributed by atoms with Crippen LogP contribution in [-0.4, -0.2) is 19.1 Å². The molecule has 1 amide bonds. The summed E-state index contributed by atoms with van der Waals surface area (Å²) in [5, 5.41) is 4.59. The van der Waals surface area contributed by atoms with Crippen molar-refractivity contribution in [2.75, 3.05) is 13.2 Å². The van der Waals surface area contributed by atoms with Gasteiger partial charge in [0, 0.05) is 0 Å². The average molecular weight is 169 g/mol. The van der Waals surface area contributed by atoms with Gasteiger partial charge in [-0.3, -0.25) is 4.79 Å². The maximum atomic E-state index is 11.2. The van der Waals surface area contributed by atoms with Gasteiger partial charge in [-0.2, -0.15) is 0 Å². The lowest BCUT2D eigenvalue weighted by molar-refractivity contribution is 0.0961. The van der Waals surface area contributed by atoms with Crippen molar-refractivity contribution in [2.45, 2.75) is 0 Å². The molecule has 1 aliphatic rings. The summed E-state index contributed by atoms with van der Waals surface area (Å²) in [4.78, 5) is 11.9. The number of amides is 1. The molecule has 0 atom stereocenters. The number of ether oxygens (including phenoxy) is 1. The van der Waals surface area contributed by atoms with E-state index in [4.69, 9.17) is 4.74 Å². The first-order valence-electron chi connectivity index (χ1n) is 3.36. The fraction of sp³-hybridized carbons (Fsp3) is 0.286. The molecule has 1 aliphatic heterocycles. The second-order valence-corrected chi connectivity index (χ2v) is 3.13. The van der Waals surface area contributed by atoms with Crippen LogP contribution in [0.4, 0.5) is 0 Å².